The van der Waals surface area contributed by atoms with Crippen molar-refractivity contribution in [3.8, 4) is 0 Å². The first-order chi connectivity index (χ1) is 11.4. The standard InChI is InChI=1S/C17H10O7/c18-7-11-2-1-10(6-14(11)17(23)24)15(20)9-3-4-13(16(21)22)12(5-9)8-19/h1-8H,(H,21,22)(H,23,24). The summed E-state index contributed by atoms with van der Waals surface area (Å²) in [6.45, 7) is 0. The molecule has 0 radical (unpaired) electrons. The molecule has 0 spiro atoms. The zero-order valence-electron chi connectivity index (χ0n) is 12.1. The normalized spacial score (nSPS) is 10.0. The Morgan fingerprint density at radius 3 is 1.79 bits per heavy atom. The fraction of sp³-hybridized carbons (Fsp3) is 0. The minimum absolute atomic E-state index is 0.00192. The molecular weight excluding hydrogens is 316 g/mol. The van der Waals surface area contributed by atoms with Crippen molar-refractivity contribution in [3.63, 3.8) is 0 Å². The number of ketones is 1. The van der Waals surface area contributed by atoms with Gasteiger partial charge >= 0.3 is 11.9 Å². The number of carboxylic acid groups (broad SMARTS) is 2. The lowest BCUT2D eigenvalue weighted by Crippen LogP contribution is -2.09. The van der Waals surface area contributed by atoms with Gasteiger partial charge in [0, 0.05) is 22.3 Å². The average Bonchev–Trinajstić information content (AvgIpc) is 2.59. The predicted octanol–water partition coefficient (Wildman–Crippen LogP) is 1.94. The summed E-state index contributed by atoms with van der Waals surface area (Å²) in [7, 11) is 0. The Hall–Kier alpha value is -3.61. The SMILES string of the molecule is O=Cc1cc(C(=O)c2ccc(C=O)c(C(=O)O)c2)ccc1C(=O)O. The van der Waals surface area contributed by atoms with Gasteiger partial charge in [0.2, 0.25) is 0 Å². The van der Waals surface area contributed by atoms with E-state index in [1.165, 1.54) is 18.2 Å². The van der Waals surface area contributed by atoms with E-state index >= 15 is 0 Å². The second kappa shape index (κ2) is 6.66. The number of carbonyl (C=O) groups excluding carboxylic acids is 3. The lowest BCUT2D eigenvalue weighted by molar-refractivity contribution is 0.0684. The number of aromatic carboxylic acids is 2. The topological polar surface area (TPSA) is 126 Å². The molecule has 0 aliphatic rings. The number of carbonyl (C=O) groups is 5. The van der Waals surface area contributed by atoms with E-state index in [0.717, 1.165) is 18.2 Å². The molecular formula is C17H10O7. The largest absolute Gasteiger partial charge is 0.478 e. The smallest absolute Gasteiger partial charge is 0.336 e. The minimum Gasteiger partial charge on any atom is -0.478 e. The highest BCUT2D eigenvalue weighted by molar-refractivity contribution is 6.12. The van der Waals surface area contributed by atoms with Crippen molar-refractivity contribution in [2.75, 3.05) is 0 Å². The predicted molar refractivity (Wildman–Crippen MR) is 81.0 cm³/mol. The number of hydrogen-bond acceptors (Lipinski definition) is 5. The summed E-state index contributed by atoms with van der Waals surface area (Å²) < 4.78 is 0. The van der Waals surface area contributed by atoms with Crippen LogP contribution in [0.25, 0.3) is 0 Å². The van der Waals surface area contributed by atoms with E-state index in [1.54, 1.807) is 0 Å². The summed E-state index contributed by atoms with van der Waals surface area (Å²) in [6, 6.07) is 7.01. The third-order valence-electron chi connectivity index (χ3n) is 3.34. The summed E-state index contributed by atoms with van der Waals surface area (Å²) in [5.74, 6) is -3.27. The van der Waals surface area contributed by atoms with Crippen LogP contribution in [0.1, 0.15) is 57.4 Å². The van der Waals surface area contributed by atoms with Crippen LogP contribution in [0.5, 0.6) is 0 Å². The van der Waals surface area contributed by atoms with E-state index in [1.807, 2.05) is 0 Å². The molecule has 7 heteroatoms. The van der Waals surface area contributed by atoms with Gasteiger partial charge in [0.25, 0.3) is 0 Å². The third-order valence-corrected chi connectivity index (χ3v) is 3.34. The van der Waals surface area contributed by atoms with Crippen LogP contribution in [0.4, 0.5) is 0 Å². The molecule has 0 amide bonds. The van der Waals surface area contributed by atoms with Gasteiger partial charge in [-0.05, 0) is 18.2 Å². The number of hydrogen-bond donors (Lipinski definition) is 2. The molecule has 0 unspecified atom stereocenters. The first-order valence-corrected chi connectivity index (χ1v) is 6.58. The highest BCUT2D eigenvalue weighted by atomic mass is 16.4. The fourth-order valence-corrected chi connectivity index (χ4v) is 2.15. The molecule has 2 N–H and O–H groups in total. The summed E-state index contributed by atoms with van der Waals surface area (Å²) >= 11 is 0. The molecule has 0 heterocycles. The van der Waals surface area contributed by atoms with Gasteiger partial charge in [-0.2, -0.15) is 0 Å². The monoisotopic (exact) mass is 326 g/mol. The quantitative estimate of drug-likeness (QED) is 0.613. The summed E-state index contributed by atoms with van der Waals surface area (Å²) in [5.41, 5.74) is -0.793. The molecule has 0 atom stereocenters. The maximum Gasteiger partial charge on any atom is 0.336 e. The van der Waals surface area contributed by atoms with Gasteiger partial charge in [0.15, 0.2) is 18.4 Å². The molecule has 120 valence electrons. The van der Waals surface area contributed by atoms with Gasteiger partial charge in [-0.15, -0.1) is 0 Å². The summed E-state index contributed by atoms with van der Waals surface area (Å²) in [4.78, 5) is 56.3. The van der Waals surface area contributed by atoms with Crippen LogP contribution in [0.2, 0.25) is 0 Å². The van der Waals surface area contributed by atoms with Crippen LogP contribution in [-0.4, -0.2) is 40.5 Å². The summed E-state index contributed by atoms with van der Waals surface area (Å²) in [5, 5.41) is 18.0. The van der Waals surface area contributed by atoms with Gasteiger partial charge in [0.1, 0.15) is 0 Å². The lowest BCUT2D eigenvalue weighted by atomic mass is 9.96. The second-order valence-electron chi connectivity index (χ2n) is 4.78. The molecule has 0 saturated heterocycles. The van der Waals surface area contributed by atoms with E-state index in [0.29, 0.717) is 12.6 Å². The van der Waals surface area contributed by atoms with Crippen LogP contribution in [0, 0.1) is 0 Å². The molecule has 2 aromatic carbocycles. The first kappa shape index (κ1) is 16.8. The van der Waals surface area contributed by atoms with Crippen molar-refractivity contribution in [1.29, 1.82) is 0 Å². The second-order valence-corrected chi connectivity index (χ2v) is 4.78. The van der Waals surface area contributed by atoms with E-state index in [2.05, 4.69) is 0 Å². The van der Waals surface area contributed by atoms with Crippen LogP contribution < -0.4 is 0 Å². The van der Waals surface area contributed by atoms with Gasteiger partial charge in [-0.25, -0.2) is 9.59 Å². The van der Waals surface area contributed by atoms with Crippen molar-refractivity contribution in [3.05, 3.63) is 69.8 Å². The fourth-order valence-electron chi connectivity index (χ4n) is 2.15. The molecule has 2 rings (SSSR count). The van der Waals surface area contributed by atoms with E-state index in [4.69, 9.17) is 10.2 Å². The van der Waals surface area contributed by atoms with Crippen molar-refractivity contribution >= 4 is 30.3 Å². The van der Waals surface area contributed by atoms with Crippen molar-refractivity contribution in [2.45, 2.75) is 0 Å². The van der Waals surface area contributed by atoms with Crippen molar-refractivity contribution < 1.29 is 34.2 Å². The highest BCUT2D eigenvalue weighted by Crippen LogP contribution is 2.17. The minimum atomic E-state index is -1.36. The average molecular weight is 326 g/mol. The Kier molecular flexibility index (Phi) is 4.65. The Bertz CT molecular complexity index is 881. The molecule has 0 saturated carbocycles. The molecule has 7 nitrogen and oxygen atoms in total. The summed E-state index contributed by atoms with van der Waals surface area (Å²) in [6.07, 6.45) is 0.683. The van der Waals surface area contributed by atoms with E-state index in [-0.39, 0.29) is 33.4 Å². The number of benzene rings is 2. The van der Waals surface area contributed by atoms with Gasteiger partial charge in [-0.3, -0.25) is 14.4 Å². The number of rotatable bonds is 6. The molecule has 2 aromatic rings. The number of carboxylic acids is 2. The van der Waals surface area contributed by atoms with E-state index in [9.17, 15) is 24.0 Å². The molecule has 0 bridgehead atoms. The maximum atomic E-state index is 12.4. The van der Waals surface area contributed by atoms with Gasteiger partial charge in [-0.1, -0.05) is 18.2 Å². The molecule has 0 aliphatic heterocycles. The maximum absolute atomic E-state index is 12.4. The Morgan fingerprint density at radius 1 is 0.708 bits per heavy atom. The Morgan fingerprint density at radius 2 is 1.25 bits per heavy atom. The number of aldehydes is 2. The van der Waals surface area contributed by atoms with E-state index < -0.39 is 17.7 Å². The van der Waals surface area contributed by atoms with Crippen molar-refractivity contribution in [2.24, 2.45) is 0 Å². The van der Waals surface area contributed by atoms with Gasteiger partial charge in [0.05, 0.1) is 11.1 Å². The Balaban J connectivity index is 2.51. The van der Waals surface area contributed by atoms with Crippen LogP contribution in [0.3, 0.4) is 0 Å². The molecule has 0 aliphatic carbocycles. The lowest BCUT2D eigenvalue weighted by Gasteiger charge is -2.06. The van der Waals surface area contributed by atoms with Crippen LogP contribution >= 0.6 is 0 Å². The Labute approximate surface area is 135 Å². The zero-order chi connectivity index (χ0) is 17.9. The first-order valence-electron chi connectivity index (χ1n) is 6.58. The van der Waals surface area contributed by atoms with Crippen LogP contribution in [-0.2, 0) is 0 Å². The van der Waals surface area contributed by atoms with Crippen molar-refractivity contribution in [1.82, 2.24) is 0 Å². The van der Waals surface area contributed by atoms with Gasteiger partial charge < -0.3 is 10.2 Å². The molecule has 0 fully saturated rings. The van der Waals surface area contributed by atoms with Crippen LogP contribution in [0.15, 0.2) is 36.4 Å². The third kappa shape index (κ3) is 3.09. The zero-order valence-corrected chi connectivity index (χ0v) is 12.1. The molecule has 24 heavy (non-hydrogen) atoms. The highest BCUT2D eigenvalue weighted by Gasteiger charge is 2.17. The molecule has 0 aromatic heterocycles.